The van der Waals surface area contributed by atoms with Gasteiger partial charge in [-0.3, -0.25) is 4.90 Å². The molecule has 0 amide bonds. The number of hydrogen-bond acceptors (Lipinski definition) is 4. The van der Waals surface area contributed by atoms with Gasteiger partial charge >= 0.3 is 0 Å². The average Bonchev–Trinajstić information content (AvgIpc) is 2.61. The van der Waals surface area contributed by atoms with E-state index in [1.54, 1.807) is 12.1 Å². The van der Waals surface area contributed by atoms with Crippen LogP contribution in [0.1, 0.15) is 20.3 Å². The second-order valence-corrected chi connectivity index (χ2v) is 6.43. The van der Waals surface area contributed by atoms with Gasteiger partial charge in [-0.15, -0.1) is 31.2 Å². The average molecular weight is 407 g/mol. The number of terminal acetylenes is 1. The van der Waals surface area contributed by atoms with E-state index in [1.807, 2.05) is 24.8 Å². The minimum absolute atomic E-state index is 0. The van der Waals surface area contributed by atoms with Gasteiger partial charge in [0.25, 0.3) is 0 Å². The SMILES string of the molecule is C#CC(C)(CC)OCC(O)CN1CCN(c2ccccc2F)CC1.Cl.Cl. The summed E-state index contributed by atoms with van der Waals surface area (Å²) in [6, 6.07) is 6.84. The predicted octanol–water partition coefficient (Wildman–Crippen LogP) is 2.97. The first-order valence-electron chi connectivity index (χ1n) is 8.49. The lowest BCUT2D eigenvalue weighted by Crippen LogP contribution is -2.49. The van der Waals surface area contributed by atoms with Crippen LogP contribution in [-0.4, -0.2) is 61.0 Å². The number of anilines is 1. The van der Waals surface area contributed by atoms with E-state index >= 15 is 0 Å². The highest BCUT2D eigenvalue weighted by Gasteiger charge is 2.24. The maximum Gasteiger partial charge on any atom is 0.146 e. The maximum atomic E-state index is 13.8. The molecule has 7 heteroatoms. The predicted molar refractivity (Wildman–Crippen MR) is 109 cm³/mol. The number of hydrogen-bond donors (Lipinski definition) is 1. The Bertz CT molecular complexity index is 577. The third-order valence-electron chi connectivity index (χ3n) is 4.61. The van der Waals surface area contributed by atoms with Crippen molar-refractivity contribution in [3.63, 3.8) is 0 Å². The van der Waals surface area contributed by atoms with Gasteiger partial charge in [0.2, 0.25) is 0 Å². The Balaban J connectivity index is 0.00000312. The summed E-state index contributed by atoms with van der Waals surface area (Å²) in [4.78, 5) is 4.21. The molecule has 1 heterocycles. The maximum absolute atomic E-state index is 13.8. The Kier molecular flexibility index (Phi) is 11.2. The van der Waals surface area contributed by atoms with Crippen LogP contribution in [0.15, 0.2) is 24.3 Å². The Morgan fingerprint density at radius 2 is 1.88 bits per heavy atom. The van der Waals surface area contributed by atoms with Crippen LogP contribution in [0, 0.1) is 18.2 Å². The molecule has 2 unspecified atom stereocenters. The normalized spacial score (nSPS) is 18.0. The fraction of sp³-hybridized carbons (Fsp3) is 0.579. The summed E-state index contributed by atoms with van der Waals surface area (Å²) in [5.41, 5.74) is 0.0265. The van der Waals surface area contributed by atoms with E-state index in [1.165, 1.54) is 6.07 Å². The topological polar surface area (TPSA) is 35.9 Å². The van der Waals surface area contributed by atoms with Crippen molar-refractivity contribution in [2.45, 2.75) is 32.0 Å². The summed E-state index contributed by atoms with van der Waals surface area (Å²) in [6.07, 6.45) is 5.59. The molecule has 2 rings (SSSR count). The van der Waals surface area contributed by atoms with Gasteiger partial charge in [0, 0.05) is 32.7 Å². The van der Waals surface area contributed by atoms with Crippen molar-refractivity contribution in [3.8, 4) is 12.3 Å². The molecule has 1 saturated heterocycles. The van der Waals surface area contributed by atoms with Crippen molar-refractivity contribution in [2.75, 3.05) is 44.2 Å². The molecule has 4 nitrogen and oxygen atoms in total. The van der Waals surface area contributed by atoms with Gasteiger partial charge in [0.1, 0.15) is 11.4 Å². The number of rotatable bonds is 7. The minimum atomic E-state index is -0.621. The van der Waals surface area contributed by atoms with Crippen LogP contribution in [-0.2, 0) is 4.74 Å². The molecule has 0 aromatic heterocycles. The van der Waals surface area contributed by atoms with Crippen LogP contribution in [0.4, 0.5) is 10.1 Å². The molecule has 1 aromatic carbocycles. The third-order valence-corrected chi connectivity index (χ3v) is 4.61. The summed E-state index contributed by atoms with van der Waals surface area (Å²) in [7, 11) is 0. The number of halogens is 3. The van der Waals surface area contributed by atoms with Crippen LogP contribution in [0.3, 0.4) is 0 Å². The zero-order valence-corrected chi connectivity index (χ0v) is 17.0. The lowest BCUT2D eigenvalue weighted by Gasteiger charge is -2.37. The van der Waals surface area contributed by atoms with E-state index in [4.69, 9.17) is 11.2 Å². The van der Waals surface area contributed by atoms with Gasteiger partial charge in [-0.25, -0.2) is 4.39 Å². The summed E-state index contributed by atoms with van der Waals surface area (Å²) in [5, 5.41) is 10.2. The molecule has 1 N–H and O–H groups in total. The first-order valence-corrected chi connectivity index (χ1v) is 8.49. The molecule has 0 aliphatic carbocycles. The van der Waals surface area contributed by atoms with E-state index in [-0.39, 0.29) is 37.2 Å². The van der Waals surface area contributed by atoms with Crippen LogP contribution in [0.25, 0.3) is 0 Å². The van der Waals surface area contributed by atoms with Crippen molar-refractivity contribution >= 4 is 30.5 Å². The quantitative estimate of drug-likeness (QED) is 0.706. The summed E-state index contributed by atoms with van der Waals surface area (Å²) >= 11 is 0. The highest BCUT2D eigenvalue weighted by Crippen LogP contribution is 2.20. The number of para-hydroxylation sites is 1. The van der Waals surface area contributed by atoms with Crippen molar-refractivity contribution in [3.05, 3.63) is 30.1 Å². The van der Waals surface area contributed by atoms with Gasteiger partial charge in [-0.2, -0.15) is 0 Å². The summed E-state index contributed by atoms with van der Waals surface area (Å²) < 4.78 is 19.5. The number of nitrogens with zero attached hydrogens (tertiary/aromatic N) is 2. The van der Waals surface area contributed by atoms with Crippen molar-refractivity contribution < 1.29 is 14.2 Å². The van der Waals surface area contributed by atoms with Crippen LogP contribution >= 0.6 is 24.8 Å². The molecule has 1 aliphatic heterocycles. The number of β-amino-alcohol motifs (C(OH)–C–C–N with tert-alkyl or cyclic N) is 1. The van der Waals surface area contributed by atoms with Gasteiger partial charge in [-0.05, 0) is 25.5 Å². The van der Waals surface area contributed by atoms with Gasteiger partial charge in [0.15, 0.2) is 0 Å². The van der Waals surface area contributed by atoms with Gasteiger partial charge in [-0.1, -0.05) is 25.0 Å². The van der Waals surface area contributed by atoms with Crippen molar-refractivity contribution in [1.82, 2.24) is 4.90 Å². The smallest absolute Gasteiger partial charge is 0.146 e. The minimum Gasteiger partial charge on any atom is -0.389 e. The number of aliphatic hydroxyl groups excluding tert-OH is 1. The number of benzene rings is 1. The van der Waals surface area contributed by atoms with Crippen molar-refractivity contribution in [2.24, 2.45) is 0 Å². The lowest BCUT2D eigenvalue weighted by molar-refractivity contribution is -0.0473. The zero-order chi connectivity index (χ0) is 17.6. The van der Waals surface area contributed by atoms with Crippen molar-refractivity contribution in [1.29, 1.82) is 0 Å². The number of aliphatic hydroxyl groups is 1. The van der Waals surface area contributed by atoms with Crippen LogP contribution in [0.2, 0.25) is 0 Å². The molecular weight excluding hydrogens is 378 g/mol. The Morgan fingerprint density at radius 3 is 2.42 bits per heavy atom. The number of piperazine rings is 1. The zero-order valence-electron chi connectivity index (χ0n) is 15.4. The summed E-state index contributed by atoms with van der Waals surface area (Å²) in [6.45, 7) is 7.63. The van der Waals surface area contributed by atoms with Crippen LogP contribution in [0.5, 0.6) is 0 Å². The first-order chi connectivity index (χ1) is 11.5. The molecule has 2 atom stereocenters. The second-order valence-electron chi connectivity index (χ2n) is 6.43. The molecular formula is C19H29Cl2FN2O2. The molecule has 0 spiro atoms. The molecule has 26 heavy (non-hydrogen) atoms. The molecule has 0 radical (unpaired) electrons. The largest absolute Gasteiger partial charge is 0.389 e. The van der Waals surface area contributed by atoms with Crippen LogP contribution < -0.4 is 4.90 Å². The fourth-order valence-corrected chi connectivity index (χ4v) is 2.76. The summed E-state index contributed by atoms with van der Waals surface area (Å²) in [5.74, 6) is 2.44. The van der Waals surface area contributed by atoms with E-state index in [0.29, 0.717) is 18.7 Å². The highest BCUT2D eigenvalue weighted by molar-refractivity contribution is 5.85. The third kappa shape index (κ3) is 6.94. The number of ether oxygens (including phenoxy) is 1. The molecule has 0 bridgehead atoms. The Labute approximate surface area is 168 Å². The molecule has 0 saturated carbocycles. The lowest BCUT2D eigenvalue weighted by atomic mass is 10.1. The van der Waals surface area contributed by atoms with Gasteiger partial charge < -0.3 is 14.7 Å². The van der Waals surface area contributed by atoms with E-state index in [0.717, 1.165) is 26.2 Å². The standard InChI is InChI=1S/C19H27FN2O2.2ClH/c1-4-19(3,5-2)24-15-16(23)14-21-10-12-22(13-11-21)18-9-7-6-8-17(18)20;;/h1,6-9,16,23H,5,10-15H2,2-3H3;2*1H. The molecule has 148 valence electrons. The molecule has 1 fully saturated rings. The molecule has 1 aromatic rings. The first kappa shape index (κ1) is 25.0. The fourth-order valence-electron chi connectivity index (χ4n) is 2.76. The van der Waals surface area contributed by atoms with E-state index in [2.05, 4.69) is 10.8 Å². The van der Waals surface area contributed by atoms with E-state index < -0.39 is 11.7 Å². The highest BCUT2D eigenvalue weighted by atomic mass is 35.5. The Hall–Kier alpha value is -1.03. The monoisotopic (exact) mass is 406 g/mol. The van der Waals surface area contributed by atoms with Gasteiger partial charge in [0.05, 0.1) is 18.4 Å². The Morgan fingerprint density at radius 1 is 1.27 bits per heavy atom. The molecule has 1 aliphatic rings. The van der Waals surface area contributed by atoms with E-state index in [9.17, 15) is 9.50 Å². The second kappa shape index (κ2) is 11.6.